The average molecular weight is 219 g/mol. The van der Waals surface area contributed by atoms with E-state index in [-0.39, 0.29) is 17.3 Å². The molecule has 16 heavy (non-hydrogen) atoms. The number of rotatable bonds is 2. The Morgan fingerprint density at radius 1 is 1.50 bits per heavy atom. The summed E-state index contributed by atoms with van der Waals surface area (Å²) in [5.41, 5.74) is 0.308. The average Bonchev–Trinajstić information content (AvgIpc) is 3.05. The van der Waals surface area contributed by atoms with Crippen molar-refractivity contribution in [3.05, 3.63) is 29.6 Å². The molecule has 0 bridgehead atoms. The van der Waals surface area contributed by atoms with Gasteiger partial charge in [0.25, 0.3) is 0 Å². The van der Waals surface area contributed by atoms with Gasteiger partial charge in [-0.15, -0.1) is 0 Å². The maximum Gasteiger partial charge on any atom is 0.319 e. The number of anilines is 1. The van der Waals surface area contributed by atoms with Crippen LogP contribution in [0.4, 0.5) is 14.9 Å². The summed E-state index contributed by atoms with van der Waals surface area (Å²) >= 11 is 0. The predicted molar refractivity (Wildman–Crippen MR) is 56.3 cm³/mol. The number of benzene rings is 1. The zero-order valence-electron chi connectivity index (χ0n) is 8.46. The van der Waals surface area contributed by atoms with Gasteiger partial charge in [-0.3, -0.25) is 0 Å². The van der Waals surface area contributed by atoms with E-state index in [2.05, 4.69) is 10.6 Å². The lowest BCUT2D eigenvalue weighted by atomic mass is 10.2. The smallest absolute Gasteiger partial charge is 0.319 e. The van der Waals surface area contributed by atoms with Crippen molar-refractivity contribution in [3.63, 3.8) is 0 Å². The fraction of sp³-hybridized carbons (Fsp3) is 0.273. The summed E-state index contributed by atoms with van der Waals surface area (Å²) < 4.78 is 13.4. The molecule has 0 saturated heterocycles. The van der Waals surface area contributed by atoms with Crippen LogP contribution in [0.2, 0.25) is 0 Å². The third-order valence-electron chi connectivity index (χ3n) is 2.26. The van der Waals surface area contributed by atoms with Gasteiger partial charge in [-0.1, -0.05) is 0 Å². The Balaban J connectivity index is 2.03. The first-order valence-electron chi connectivity index (χ1n) is 4.96. The molecule has 5 heteroatoms. The highest BCUT2D eigenvalue weighted by molar-refractivity contribution is 5.89. The molecule has 1 saturated carbocycles. The molecule has 1 aromatic rings. The molecular formula is C11H10FN3O. The van der Waals surface area contributed by atoms with Crippen LogP contribution in [0, 0.1) is 17.1 Å². The maximum atomic E-state index is 13.4. The summed E-state index contributed by atoms with van der Waals surface area (Å²) in [6.45, 7) is 0. The van der Waals surface area contributed by atoms with E-state index in [4.69, 9.17) is 5.26 Å². The lowest BCUT2D eigenvalue weighted by molar-refractivity contribution is 0.251. The van der Waals surface area contributed by atoms with Crippen LogP contribution >= 0.6 is 0 Å². The summed E-state index contributed by atoms with van der Waals surface area (Å²) in [5.74, 6) is -0.606. The lowest BCUT2D eigenvalue weighted by Gasteiger charge is -2.07. The van der Waals surface area contributed by atoms with Gasteiger partial charge < -0.3 is 10.6 Å². The Morgan fingerprint density at radius 3 is 2.81 bits per heavy atom. The van der Waals surface area contributed by atoms with Gasteiger partial charge in [-0.25, -0.2) is 9.18 Å². The van der Waals surface area contributed by atoms with Gasteiger partial charge in [0.15, 0.2) is 0 Å². The topological polar surface area (TPSA) is 64.9 Å². The highest BCUT2D eigenvalue weighted by Gasteiger charge is 2.23. The van der Waals surface area contributed by atoms with Gasteiger partial charge in [-0.05, 0) is 31.0 Å². The van der Waals surface area contributed by atoms with Crippen LogP contribution in [0.25, 0.3) is 0 Å². The Hall–Kier alpha value is -2.09. The number of urea groups is 1. The third kappa shape index (κ3) is 2.48. The normalized spacial score (nSPS) is 14.0. The monoisotopic (exact) mass is 219 g/mol. The molecule has 1 aromatic carbocycles. The number of hydrogen-bond acceptors (Lipinski definition) is 2. The molecule has 2 N–H and O–H groups in total. The molecule has 1 aliphatic rings. The Morgan fingerprint density at radius 2 is 2.25 bits per heavy atom. The molecule has 2 rings (SSSR count). The number of halogens is 1. The van der Waals surface area contributed by atoms with Crippen LogP contribution in [-0.2, 0) is 0 Å². The second kappa shape index (κ2) is 4.19. The number of nitrogens with zero attached hydrogens (tertiary/aromatic N) is 1. The molecule has 2 amide bonds. The van der Waals surface area contributed by atoms with Gasteiger partial charge in [0, 0.05) is 6.04 Å². The minimum Gasteiger partial charge on any atom is -0.335 e. The predicted octanol–water partition coefficient (Wildman–Crippen LogP) is 1.98. The Kier molecular flexibility index (Phi) is 2.73. The van der Waals surface area contributed by atoms with Crippen molar-refractivity contribution in [1.29, 1.82) is 5.26 Å². The number of nitrogens with one attached hydrogen (secondary N) is 2. The highest BCUT2D eigenvalue weighted by atomic mass is 19.1. The molecule has 82 valence electrons. The fourth-order valence-corrected chi connectivity index (χ4v) is 1.26. The second-order valence-electron chi connectivity index (χ2n) is 3.68. The molecule has 1 fully saturated rings. The van der Waals surface area contributed by atoms with E-state index in [0.29, 0.717) is 0 Å². The number of hydrogen-bond donors (Lipinski definition) is 2. The number of carbonyl (C=O) groups is 1. The standard InChI is InChI=1S/C11H10FN3O/c12-9-5-7(6-13)1-4-10(9)15-11(16)14-8-2-3-8/h1,4-5,8H,2-3H2,(H2,14,15,16). The molecular weight excluding hydrogens is 209 g/mol. The van der Waals surface area contributed by atoms with Crippen molar-refractivity contribution in [2.45, 2.75) is 18.9 Å². The van der Waals surface area contributed by atoms with Crippen LogP contribution in [-0.4, -0.2) is 12.1 Å². The lowest BCUT2D eigenvalue weighted by Crippen LogP contribution is -2.30. The molecule has 0 atom stereocenters. The molecule has 0 spiro atoms. The molecule has 0 aromatic heterocycles. The maximum absolute atomic E-state index is 13.4. The zero-order chi connectivity index (χ0) is 11.5. The summed E-state index contributed by atoms with van der Waals surface area (Å²) in [7, 11) is 0. The van der Waals surface area contributed by atoms with E-state index in [9.17, 15) is 9.18 Å². The Labute approximate surface area is 92.1 Å². The molecule has 4 nitrogen and oxygen atoms in total. The van der Waals surface area contributed by atoms with Crippen molar-refractivity contribution < 1.29 is 9.18 Å². The van der Waals surface area contributed by atoms with Crippen molar-refractivity contribution in [2.24, 2.45) is 0 Å². The molecule has 0 heterocycles. The fourth-order valence-electron chi connectivity index (χ4n) is 1.26. The van der Waals surface area contributed by atoms with Crippen molar-refractivity contribution in [1.82, 2.24) is 5.32 Å². The zero-order valence-corrected chi connectivity index (χ0v) is 8.46. The first-order chi connectivity index (χ1) is 7.69. The van der Waals surface area contributed by atoms with E-state index in [1.807, 2.05) is 6.07 Å². The van der Waals surface area contributed by atoms with Crippen molar-refractivity contribution in [3.8, 4) is 6.07 Å². The summed E-state index contributed by atoms with van der Waals surface area (Å²) in [4.78, 5) is 11.3. The van der Waals surface area contributed by atoms with Gasteiger partial charge in [-0.2, -0.15) is 5.26 Å². The van der Waals surface area contributed by atoms with Gasteiger partial charge in [0.05, 0.1) is 17.3 Å². The summed E-state index contributed by atoms with van der Waals surface area (Å²) in [6.07, 6.45) is 1.95. The second-order valence-corrected chi connectivity index (χ2v) is 3.68. The van der Waals surface area contributed by atoms with Crippen LogP contribution in [0.5, 0.6) is 0 Å². The van der Waals surface area contributed by atoms with E-state index in [1.54, 1.807) is 0 Å². The Bertz CT molecular complexity index is 463. The largest absolute Gasteiger partial charge is 0.335 e. The highest BCUT2D eigenvalue weighted by Crippen LogP contribution is 2.19. The van der Waals surface area contributed by atoms with Gasteiger partial charge in [0.2, 0.25) is 0 Å². The van der Waals surface area contributed by atoms with Gasteiger partial charge in [0.1, 0.15) is 5.82 Å². The van der Waals surface area contributed by atoms with Gasteiger partial charge >= 0.3 is 6.03 Å². The van der Waals surface area contributed by atoms with E-state index in [0.717, 1.165) is 18.9 Å². The van der Waals surface area contributed by atoms with Crippen LogP contribution in [0.3, 0.4) is 0 Å². The van der Waals surface area contributed by atoms with E-state index in [1.165, 1.54) is 12.1 Å². The van der Waals surface area contributed by atoms with Crippen LogP contribution < -0.4 is 10.6 Å². The van der Waals surface area contributed by atoms with E-state index < -0.39 is 11.8 Å². The van der Waals surface area contributed by atoms with E-state index >= 15 is 0 Å². The van der Waals surface area contributed by atoms with Crippen molar-refractivity contribution in [2.75, 3.05) is 5.32 Å². The third-order valence-corrected chi connectivity index (χ3v) is 2.26. The molecule has 1 aliphatic carbocycles. The molecule has 0 aliphatic heterocycles. The minimum absolute atomic E-state index is 0.0807. The first kappa shape index (κ1) is 10.4. The van der Waals surface area contributed by atoms with Crippen LogP contribution in [0.15, 0.2) is 18.2 Å². The summed E-state index contributed by atoms with van der Waals surface area (Å²) in [5, 5.41) is 13.6. The van der Waals surface area contributed by atoms with Crippen molar-refractivity contribution >= 4 is 11.7 Å². The molecule has 0 unspecified atom stereocenters. The minimum atomic E-state index is -0.606. The quantitative estimate of drug-likeness (QED) is 0.798. The number of amides is 2. The molecule has 0 radical (unpaired) electrons. The number of nitriles is 1. The van der Waals surface area contributed by atoms with Crippen LogP contribution in [0.1, 0.15) is 18.4 Å². The first-order valence-corrected chi connectivity index (χ1v) is 4.96. The number of carbonyl (C=O) groups excluding carboxylic acids is 1. The summed E-state index contributed by atoms with van der Waals surface area (Å²) in [6, 6.07) is 5.55. The SMILES string of the molecule is N#Cc1ccc(NC(=O)NC2CC2)c(F)c1.